The third kappa shape index (κ3) is 6.07. The molecule has 0 spiro atoms. The average Bonchev–Trinajstić information content (AvgIpc) is 2.78. The summed E-state index contributed by atoms with van der Waals surface area (Å²) in [5, 5.41) is 11.5. The lowest BCUT2D eigenvalue weighted by atomic mass is 9.95. The van der Waals surface area contributed by atoms with Gasteiger partial charge in [0.1, 0.15) is 0 Å². The fraction of sp³-hybridized carbons (Fsp3) is 0.348. The maximum Gasteiger partial charge on any atom is 0.251 e. The van der Waals surface area contributed by atoms with E-state index in [1.807, 2.05) is 0 Å². The van der Waals surface area contributed by atoms with Crippen LogP contribution in [0.25, 0.3) is 0 Å². The molecular formula is C23H28N4O3. The van der Waals surface area contributed by atoms with Crippen molar-refractivity contribution in [2.75, 3.05) is 24.2 Å². The van der Waals surface area contributed by atoms with Gasteiger partial charge < -0.3 is 21.3 Å². The predicted molar refractivity (Wildman–Crippen MR) is 118 cm³/mol. The predicted octanol–water partition coefficient (Wildman–Crippen LogP) is 3.16. The number of hydrogen-bond donors (Lipinski definition) is 4. The molecule has 158 valence electrons. The van der Waals surface area contributed by atoms with Gasteiger partial charge in [-0.1, -0.05) is 31.4 Å². The highest BCUT2D eigenvalue weighted by molar-refractivity contribution is 5.98. The maximum absolute atomic E-state index is 12.5. The standard InChI is InChI=1S/C23H28N4O3/c1-24-22(29)16-7-5-11-19(13-16)25-15-21(28)26-20-12-6-8-17(14-20)23(30)27-18-9-3-2-4-10-18/h5-8,11-14,18,25H,2-4,9-10,15H2,1H3,(H,24,29)(H,26,28)(H,27,30). The molecule has 3 amide bonds. The Kier molecular flexibility index (Phi) is 7.43. The minimum absolute atomic E-state index is 0.0374. The van der Waals surface area contributed by atoms with Gasteiger partial charge in [-0.05, 0) is 49.2 Å². The fourth-order valence-corrected chi connectivity index (χ4v) is 3.56. The van der Waals surface area contributed by atoms with Crippen LogP contribution in [0, 0.1) is 0 Å². The summed E-state index contributed by atoms with van der Waals surface area (Å²) in [7, 11) is 1.57. The van der Waals surface area contributed by atoms with E-state index in [-0.39, 0.29) is 30.3 Å². The molecule has 0 radical (unpaired) electrons. The van der Waals surface area contributed by atoms with Crippen LogP contribution in [0.5, 0.6) is 0 Å². The summed E-state index contributed by atoms with van der Waals surface area (Å²) in [6, 6.07) is 14.1. The number of amides is 3. The first-order valence-electron chi connectivity index (χ1n) is 10.3. The first kappa shape index (κ1) is 21.4. The van der Waals surface area contributed by atoms with Crippen LogP contribution < -0.4 is 21.3 Å². The largest absolute Gasteiger partial charge is 0.376 e. The highest BCUT2D eigenvalue weighted by Gasteiger charge is 2.17. The molecule has 30 heavy (non-hydrogen) atoms. The van der Waals surface area contributed by atoms with E-state index >= 15 is 0 Å². The molecule has 0 heterocycles. The molecule has 0 aromatic heterocycles. The van der Waals surface area contributed by atoms with Crippen molar-refractivity contribution in [3.63, 3.8) is 0 Å². The SMILES string of the molecule is CNC(=O)c1cccc(NCC(=O)Nc2cccc(C(=O)NC3CCCCC3)c2)c1. The van der Waals surface area contributed by atoms with Crippen LogP contribution in [0.15, 0.2) is 48.5 Å². The van der Waals surface area contributed by atoms with E-state index in [4.69, 9.17) is 0 Å². The van der Waals surface area contributed by atoms with E-state index in [1.54, 1.807) is 55.6 Å². The second kappa shape index (κ2) is 10.4. The van der Waals surface area contributed by atoms with Crippen molar-refractivity contribution in [2.45, 2.75) is 38.1 Å². The number of anilines is 2. The molecule has 0 aliphatic heterocycles. The van der Waals surface area contributed by atoms with E-state index in [1.165, 1.54) is 6.42 Å². The van der Waals surface area contributed by atoms with Gasteiger partial charge in [0.05, 0.1) is 6.54 Å². The van der Waals surface area contributed by atoms with E-state index in [9.17, 15) is 14.4 Å². The van der Waals surface area contributed by atoms with Gasteiger partial charge in [0.2, 0.25) is 5.91 Å². The van der Waals surface area contributed by atoms with Gasteiger partial charge in [-0.3, -0.25) is 14.4 Å². The molecule has 0 unspecified atom stereocenters. The molecule has 3 rings (SSSR count). The van der Waals surface area contributed by atoms with Crippen LogP contribution >= 0.6 is 0 Å². The molecule has 7 nitrogen and oxygen atoms in total. The number of carbonyl (C=O) groups is 3. The molecule has 1 aliphatic rings. The van der Waals surface area contributed by atoms with Gasteiger partial charge in [-0.2, -0.15) is 0 Å². The Morgan fingerprint density at radius 1 is 0.867 bits per heavy atom. The summed E-state index contributed by atoms with van der Waals surface area (Å²) in [5.74, 6) is -0.543. The van der Waals surface area contributed by atoms with Crippen molar-refractivity contribution in [3.8, 4) is 0 Å². The van der Waals surface area contributed by atoms with Crippen LogP contribution in [0.3, 0.4) is 0 Å². The van der Waals surface area contributed by atoms with E-state index in [2.05, 4.69) is 21.3 Å². The first-order chi connectivity index (χ1) is 14.5. The molecule has 1 fully saturated rings. The Bertz CT molecular complexity index is 907. The summed E-state index contributed by atoms with van der Waals surface area (Å²) < 4.78 is 0. The molecule has 0 bridgehead atoms. The average molecular weight is 409 g/mol. The monoisotopic (exact) mass is 408 g/mol. The summed E-state index contributed by atoms with van der Waals surface area (Å²) in [6.45, 7) is 0.0374. The van der Waals surface area contributed by atoms with Crippen molar-refractivity contribution in [2.24, 2.45) is 0 Å². The first-order valence-corrected chi connectivity index (χ1v) is 10.3. The minimum Gasteiger partial charge on any atom is -0.376 e. The summed E-state index contributed by atoms with van der Waals surface area (Å²) >= 11 is 0. The van der Waals surface area contributed by atoms with Crippen molar-refractivity contribution in [1.82, 2.24) is 10.6 Å². The Labute approximate surface area is 176 Å². The molecule has 0 saturated heterocycles. The summed E-state index contributed by atoms with van der Waals surface area (Å²) in [6.07, 6.45) is 5.59. The highest BCUT2D eigenvalue weighted by atomic mass is 16.2. The summed E-state index contributed by atoms with van der Waals surface area (Å²) in [4.78, 5) is 36.5. The van der Waals surface area contributed by atoms with Gasteiger partial charge in [0, 0.05) is 35.6 Å². The number of benzene rings is 2. The second-order valence-electron chi connectivity index (χ2n) is 7.45. The second-order valence-corrected chi connectivity index (χ2v) is 7.45. The zero-order valence-corrected chi connectivity index (χ0v) is 17.2. The molecular weight excluding hydrogens is 380 g/mol. The van der Waals surface area contributed by atoms with E-state index < -0.39 is 0 Å². The van der Waals surface area contributed by atoms with Gasteiger partial charge in [0.25, 0.3) is 11.8 Å². The number of hydrogen-bond acceptors (Lipinski definition) is 4. The van der Waals surface area contributed by atoms with Crippen LogP contribution in [0.1, 0.15) is 52.8 Å². The number of nitrogens with one attached hydrogen (secondary N) is 4. The zero-order valence-electron chi connectivity index (χ0n) is 17.2. The van der Waals surface area contributed by atoms with E-state index in [0.29, 0.717) is 22.5 Å². The van der Waals surface area contributed by atoms with Crippen molar-refractivity contribution in [1.29, 1.82) is 0 Å². The molecule has 1 aliphatic carbocycles. The van der Waals surface area contributed by atoms with Crippen LogP contribution in [-0.2, 0) is 4.79 Å². The van der Waals surface area contributed by atoms with Crippen LogP contribution in [-0.4, -0.2) is 37.4 Å². The summed E-state index contributed by atoms with van der Waals surface area (Å²) in [5.41, 5.74) is 2.29. The maximum atomic E-state index is 12.5. The zero-order chi connectivity index (χ0) is 21.3. The van der Waals surface area contributed by atoms with Crippen molar-refractivity contribution in [3.05, 3.63) is 59.7 Å². The molecule has 2 aromatic carbocycles. The van der Waals surface area contributed by atoms with Crippen LogP contribution in [0.2, 0.25) is 0 Å². The Morgan fingerprint density at radius 3 is 2.20 bits per heavy atom. The lowest BCUT2D eigenvalue weighted by Crippen LogP contribution is -2.36. The smallest absolute Gasteiger partial charge is 0.251 e. The molecule has 4 N–H and O–H groups in total. The number of carbonyl (C=O) groups excluding carboxylic acids is 3. The van der Waals surface area contributed by atoms with Crippen LogP contribution in [0.4, 0.5) is 11.4 Å². The normalized spacial score (nSPS) is 13.9. The molecule has 0 atom stereocenters. The minimum atomic E-state index is -0.245. The fourth-order valence-electron chi connectivity index (χ4n) is 3.56. The molecule has 1 saturated carbocycles. The topological polar surface area (TPSA) is 99.3 Å². The quantitative estimate of drug-likeness (QED) is 0.565. The third-order valence-corrected chi connectivity index (χ3v) is 5.15. The Hall–Kier alpha value is -3.35. The molecule has 7 heteroatoms. The Morgan fingerprint density at radius 2 is 1.50 bits per heavy atom. The lowest BCUT2D eigenvalue weighted by Gasteiger charge is -2.22. The van der Waals surface area contributed by atoms with Crippen molar-refractivity contribution < 1.29 is 14.4 Å². The molecule has 2 aromatic rings. The lowest BCUT2D eigenvalue weighted by molar-refractivity contribution is -0.114. The van der Waals surface area contributed by atoms with Crippen molar-refractivity contribution >= 4 is 29.1 Å². The Balaban J connectivity index is 1.53. The van der Waals surface area contributed by atoms with E-state index in [0.717, 1.165) is 25.7 Å². The van der Waals surface area contributed by atoms with Gasteiger partial charge >= 0.3 is 0 Å². The third-order valence-electron chi connectivity index (χ3n) is 5.15. The van der Waals surface area contributed by atoms with Gasteiger partial charge in [0.15, 0.2) is 0 Å². The van der Waals surface area contributed by atoms with Gasteiger partial charge in [-0.15, -0.1) is 0 Å². The van der Waals surface area contributed by atoms with Gasteiger partial charge in [-0.25, -0.2) is 0 Å². The highest BCUT2D eigenvalue weighted by Crippen LogP contribution is 2.18. The number of rotatable bonds is 7.